The number of hydrogen-bond donors (Lipinski definition) is 2. The molecular formula is C24H28N2O4. The van der Waals surface area contributed by atoms with E-state index in [1.54, 1.807) is 24.3 Å². The molecule has 2 N–H and O–H groups in total. The zero-order valence-electron chi connectivity index (χ0n) is 17.3. The van der Waals surface area contributed by atoms with E-state index in [9.17, 15) is 14.4 Å². The molecule has 2 aromatic rings. The number of pyridine rings is 1. The fourth-order valence-electron chi connectivity index (χ4n) is 6.66. The van der Waals surface area contributed by atoms with Gasteiger partial charge in [0.25, 0.3) is 5.91 Å². The van der Waals surface area contributed by atoms with Crippen molar-refractivity contribution >= 4 is 22.8 Å². The number of benzene rings is 1. The van der Waals surface area contributed by atoms with Crippen LogP contribution in [0.1, 0.15) is 55.9 Å². The minimum Gasteiger partial charge on any atom is -0.451 e. The van der Waals surface area contributed by atoms with E-state index in [1.165, 1.54) is 44.6 Å². The molecule has 4 aliphatic rings. The van der Waals surface area contributed by atoms with Gasteiger partial charge in [-0.25, -0.2) is 4.79 Å². The first-order valence-electron chi connectivity index (χ1n) is 11.0. The Morgan fingerprint density at radius 2 is 1.77 bits per heavy atom. The van der Waals surface area contributed by atoms with E-state index >= 15 is 0 Å². The van der Waals surface area contributed by atoms with Crippen LogP contribution in [0.15, 0.2) is 35.1 Å². The number of carbonyl (C=O) groups excluding carboxylic acids is 2. The number of ether oxygens (including phenoxy) is 1. The molecule has 0 aliphatic heterocycles. The maximum absolute atomic E-state index is 12.5. The SMILES string of the molecule is C[C@@H](NC(=O)COC(=O)c1cc(=O)c2ccccc2[nH]1)C12CC3CC(CC(C3)C1)C2. The average molecular weight is 408 g/mol. The minimum absolute atomic E-state index is 0.0561. The summed E-state index contributed by atoms with van der Waals surface area (Å²) in [6.45, 7) is 1.76. The summed E-state index contributed by atoms with van der Waals surface area (Å²) < 4.78 is 5.19. The van der Waals surface area contributed by atoms with Gasteiger partial charge in [-0.1, -0.05) is 12.1 Å². The van der Waals surface area contributed by atoms with Gasteiger partial charge >= 0.3 is 5.97 Å². The molecule has 1 aromatic heterocycles. The van der Waals surface area contributed by atoms with E-state index in [2.05, 4.69) is 17.2 Å². The standard InChI is InChI=1S/C24H28N2O4/c1-14(24-10-15-6-16(11-24)8-17(7-15)12-24)25-22(28)13-30-23(29)20-9-21(27)18-4-2-3-5-19(18)26-20/h2-5,9,14-17H,6-8,10-13H2,1H3,(H,25,28)(H,26,27)/t14-,15?,16?,17?,24?/m1/s1. The molecule has 1 amide bonds. The van der Waals surface area contributed by atoms with Crippen molar-refractivity contribution in [3.05, 3.63) is 46.2 Å². The van der Waals surface area contributed by atoms with E-state index in [0.717, 1.165) is 17.8 Å². The lowest BCUT2D eigenvalue weighted by atomic mass is 9.48. The van der Waals surface area contributed by atoms with Crippen LogP contribution in [0.5, 0.6) is 0 Å². The monoisotopic (exact) mass is 408 g/mol. The Kier molecular flexibility index (Phi) is 4.68. The molecule has 4 aliphatic carbocycles. The van der Waals surface area contributed by atoms with Crippen LogP contribution in [-0.4, -0.2) is 29.5 Å². The summed E-state index contributed by atoms with van der Waals surface area (Å²) >= 11 is 0. The van der Waals surface area contributed by atoms with Gasteiger partial charge in [0, 0.05) is 23.0 Å². The van der Waals surface area contributed by atoms with Gasteiger partial charge in [-0.2, -0.15) is 0 Å². The second kappa shape index (κ2) is 7.25. The molecule has 1 heterocycles. The van der Waals surface area contributed by atoms with Crippen molar-refractivity contribution < 1.29 is 14.3 Å². The van der Waals surface area contributed by atoms with Crippen LogP contribution in [0, 0.1) is 23.2 Å². The third kappa shape index (κ3) is 3.42. The number of carbonyl (C=O) groups is 2. The number of aromatic nitrogens is 1. The van der Waals surface area contributed by atoms with Crippen LogP contribution in [0.2, 0.25) is 0 Å². The molecular weight excluding hydrogens is 380 g/mol. The summed E-state index contributed by atoms with van der Waals surface area (Å²) in [5.41, 5.74) is 0.575. The highest BCUT2D eigenvalue weighted by atomic mass is 16.5. The first-order valence-corrected chi connectivity index (χ1v) is 11.0. The smallest absolute Gasteiger partial charge is 0.355 e. The largest absolute Gasteiger partial charge is 0.451 e. The van der Waals surface area contributed by atoms with Gasteiger partial charge in [0.2, 0.25) is 0 Å². The predicted molar refractivity (Wildman–Crippen MR) is 113 cm³/mol. The lowest BCUT2D eigenvalue weighted by Gasteiger charge is -2.59. The van der Waals surface area contributed by atoms with Crippen molar-refractivity contribution in [3.8, 4) is 0 Å². The fraction of sp³-hybridized carbons (Fsp3) is 0.542. The molecule has 0 radical (unpaired) electrons. The first kappa shape index (κ1) is 19.3. The number of amides is 1. The quantitative estimate of drug-likeness (QED) is 0.742. The number of rotatable bonds is 5. The van der Waals surface area contributed by atoms with Crippen LogP contribution in [0.3, 0.4) is 0 Å². The van der Waals surface area contributed by atoms with Gasteiger partial charge < -0.3 is 15.0 Å². The topological polar surface area (TPSA) is 88.3 Å². The molecule has 6 rings (SSSR count). The molecule has 0 saturated heterocycles. The zero-order valence-corrected chi connectivity index (χ0v) is 17.3. The Hall–Kier alpha value is -2.63. The van der Waals surface area contributed by atoms with Gasteiger partial charge in [-0.15, -0.1) is 0 Å². The van der Waals surface area contributed by atoms with Gasteiger partial charge in [0.05, 0.1) is 0 Å². The van der Waals surface area contributed by atoms with E-state index in [-0.39, 0.29) is 35.1 Å². The molecule has 6 heteroatoms. The Balaban J connectivity index is 1.20. The molecule has 30 heavy (non-hydrogen) atoms. The third-order valence-electron chi connectivity index (χ3n) is 7.67. The maximum atomic E-state index is 12.5. The third-order valence-corrected chi connectivity index (χ3v) is 7.67. The van der Waals surface area contributed by atoms with E-state index in [4.69, 9.17) is 4.74 Å². The molecule has 4 bridgehead atoms. The molecule has 6 nitrogen and oxygen atoms in total. The summed E-state index contributed by atoms with van der Waals surface area (Å²) in [4.78, 5) is 40.0. The molecule has 1 atom stereocenters. The minimum atomic E-state index is -0.699. The van der Waals surface area contributed by atoms with Crippen molar-refractivity contribution in [3.63, 3.8) is 0 Å². The van der Waals surface area contributed by atoms with Gasteiger partial charge in [0.15, 0.2) is 12.0 Å². The number of para-hydroxylation sites is 1. The predicted octanol–water partition coefficient (Wildman–Crippen LogP) is 3.41. The molecule has 4 saturated carbocycles. The van der Waals surface area contributed by atoms with E-state index < -0.39 is 5.97 Å². The number of hydrogen-bond acceptors (Lipinski definition) is 4. The van der Waals surface area contributed by atoms with Crippen LogP contribution < -0.4 is 10.7 Å². The van der Waals surface area contributed by atoms with Crippen LogP contribution in [0.25, 0.3) is 10.9 Å². The van der Waals surface area contributed by atoms with Crippen LogP contribution in [-0.2, 0) is 9.53 Å². The Labute approximate surface area is 175 Å². The molecule has 0 unspecified atom stereocenters. The number of aromatic amines is 1. The van der Waals surface area contributed by atoms with E-state index in [0.29, 0.717) is 10.9 Å². The highest BCUT2D eigenvalue weighted by molar-refractivity contribution is 5.92. The van der Waals surface area contributed by atoms with Crippen molar-refractivity contribution in [1.82, 2.24) is 10.3 Å². The van der Waals surface area contributed by atoms with Crippen molar-refractivity contribution in [2.24, 2.45) is 23.2 Å². The molecule has 158 valence electrons. The Morgan fingerprint density at radius 1 is 1.13 bits per heavy atom. The number of fused-ring (bicyclic) bond motifs is 1. The average Bonchev–Trinajstić information content (AvgIpc) is 2.71. The number of H-pyrrole nitrogens is 1. The van der Waals surface area contributed by atoms with Crippen molar-refractivity contribution in [2.45, 2.75) is 51.5 Å². The van der Waals surface area contributed by atoms with Gasteiger partial charge in [-0.05, 0) is 80.8 Å². The molecule has 4 fully saturated rings. The lowest BCUT2D eigenvalue weighted by Crippen LogP contribution is -2.56. The first-order chi connectivity index (χ1) is 14.4. The fourth-order valence-corrected chi connectivity index (χ4v) is 6.66. The molecule has 0 spiro atoms. The van der Waals surface area contributed by atoms with Crippen molar-refractivity contribution in [2.75, 3.05) is 6.61 Å². The number of nitrogens with one attached hydrogen (secondary N) is 2. The van der Waals surface area contributed by atoms with E-state index in [1.807, 2.05) is 0 Å². The lowest BCUT2D eigenvalue weighted by molar-refractivity contribution is -0.128. The van der Waals surface area contributed by atoms with Crippen LogP contribution in [0.4, 0.5) is 0 Å². The maximum Gasteiger partial charge on any atom is 0.355 e. The summed E-state index contributed by atoms with van der Waals surface area (Å²) in [5.74, 6) is 1.47. The highest BCUT2D eigenvalue weighted by Gasteiger charge is 2.53. The zero-order chi connectivity index (χ0) is 20.9. The molecule has 1 aromatic carbocycles. The second-order valence-electron chi connectivity index (χ2n) is 9.74. The normalized spacial score (nSPS) is 30.2. The highest BCUT2D eigenvalue weighted by Crippen LogP contribution is 2.61. The summed E-state index contributed by atoms with van der Waals surface area (Å²) in [5, 5.41) is 3.61. The summed E-state index contributed by atoms with van der Waals surface area (Å²) in [7, 11) is 0. The van der Waals surface area contributed by atoms with Gasteiger partial charge in [-0.3, -0.25) is 9.59 Å². The summed E-state index contributed by atoms with van der Waals surface area (Å²) in [6.07, 6.45) is 7.71. The van der Waals surface area contributed by atoms with Crippen LogP contribution >= 0.6 is 0 Å². The Bertz CT molecular complexity index is 1020. The second-order valence-corrected chi connectivity index (χ2v) is 9.74. The van der Waals surface area contributed by atoms with Crippen molar-refractivity contribution in [1.29, 1.82) is 0 Å². The Morgan fingerprint density at radius 3 is 2.43 bits per heavy atom. The number of esters is 1. The van der Waals surface area contributed by atoms with Gasteiger partial charge in [0.1, 0.15) is 5.69 Å². The summed E-state index contributed by atoms with van der Waals surface area (Å²) in [6, 6.07) is 8.28.